The van der Waals surface area contributed by atoms with Crippen molar-refractivity contribution in [3.63, 3.8) is 0 Å². The summed E-state index contributed by atoms with van der Waals surface area (Å²) in [6.45, 7) is 14.2. The zero-order valence-corrected chi connectivity index (χ0v) is 22.5. The first-order valence-corrected chi connectivity index (χ1v) is 12.2. The molecule has 0 fully saturated rings. The van der Waals surface area contributed by atoms with Crippen molar-refractivity contribution in [1.29, 1.82) is 0 Å². The van der Waals surface area contributed by atoms with Crippen LogP contribution in [0, 0.1) is 13.8 Å². The van der Waals surface area contributed by atoms with E-state index in [0.717, 1.165) is 5.56 Å². The minimum absolute atomic E-state index is 0.0955. The van der Waals surface area contributed by atoms with Gasteiger partial charge in [0.25, 0.3) is 5.91 Å². The van der Waals surface area contributed by atoms with E-state index in [2.05, 4.69) is 10.6 Å². The summed E-state index contributed by atoms with van der Waals surface area (Å²) in [5.41, 5.74) is 1.93. The molecule has 196 valence electrons. The first-order chi connectivity index (χ1) is 16.7. The molecule has 0 aliphatic rings. The van der Waals surface area contributed by atoms with Gasteiger partial charge in [-0.2, -0.15) is 0 Å². The van der Waals surface area contributed by atoms with E-state index < -0.39 is 35.6 Å². The summed E-state index contributed by atoms with van der Waals surface area (Å²) < 4.78 is 5.31. The van der Waals surface area contributed by atoms with E-state index >= 15 is 0 Å². The molecule has 0 aliphatic carbocycles. The van der Waals surface area contributed by atoms with E-state index in [1.807, 2.05) is 39.0 Å². The number of hydrogen-bond donors (Lipinski definition) is 3. The molecule has 2 rings (SSSR count). The molecule has 8 nitrogen and oxygen atoms in total. The number of amides is 3. The fraction of sp³-hybridized carbons (Fsp3) is 0.464. The fourth-order valence-electron chi connectivity index (χ4n) is 3.77. The summed E-state index contributed by atoms with van der Waals surface area (Å²) in [5, 5.41) is 15.6. The number of phenolic OH excluding ortho intramolecular Hbond substituents is 1. The monoisotopic (exact) mass is 497 g/mol. The predicted octanol–water partition coefficient (Wildman–Crippen LogP) is 5.23. The Balaban J connectivity index is 2.51. The van der Waals surface area contributed by atoms with Crippen LogP contribution in [0.25, 0.3) is 0 Å². The van der Waals surface area contributed by atoms with Crippen LogP contribution in [-0.4, -0.2) is 45.6 Å². The van der Waals surface area contributed by atoms with Crippen molar-refractivity contribution in [3.8, 4) is 5.75 Å². The van der Waals surface area contributed by atoms with Gasteiger partial charge < -0.3 is 25.4 Å². The molecule has 0 saturated carbocycles. The third kappa shape index (κ3) is 7.47. The average molecular weight is 498 g/mol. The van der Waals surface area contributed by atoms with Gasteiger partial charge in [0.05, 0.1) is 0 Å². The van der Waals surface area contributed by atoms with Gasteiger partial charge >= 0.3 is 6.09 Å². The van der Waals surface area contributed by atoms with Crippen LogP contribution in [0.4, 0.5) is 10.5 Å². The highest BCUT2D eigenvalue weighted by Crippen LogP contribution is 2.30. The lowest BCUT2D eigenvalue weighted by molar-refractivity contribution is -0.143. The summed E-state index contributed by atoms with van der Waals surface area (Å²) in [6, 6.07) is 9.97. The van der Waals surface area contributed by atoms with E-state index in [9.17, 15) is 19.5 Å². The Bertz CT molecular complexity index is 1090. The highest BCUT2D eigenvalue weighted by molar-refractivity contribution is 5.99. The number of nitrogens with zero attached hydrogens (tertiary/aromatic N) is 1. The molecule has 0 spiro atoms. The first kappa shape index (κ1) is 28.7. The molecule has 2 aromatic rings. The number of phenols is 1. The van der Waals surface area contributed by atoms with Crippen LogP contribution in [0.3, 0.4) is 0 Å². The number of anilines is 1. The van der Waals surface area contributed by atoms with Crippen LogP contribution >= 0.6 is 0 Å². The Morgan fingerprint density at radius 3 is 2.22 bits per heavy atom. The van der Waals surface area contributed by atoms with Crippen molar-refractivity contribution >= 4 is 23.6 Å². The summed E-state index contributed by atoms with van der Waals surface area (Å²) in [4.78, 5) is 41.4. The average Bonchev–Trinajstić information content (AvgIpc) is 2.78. The molecule has 3 N–H and O–H groups in total. The normalized spacial score (nSPS) is 13.8. The van der Waals surface area contributed by atoms with Crippen molar-refractivity contribution in [3.05, 3.63) is 59.2 Å². The third-order valence-corrected chi connectivity index (χ3v) is 5.89. The molecular weight excluding hydrogens is 458 g/mol. The van der Waals surface area contributed by atoms with Gasteiger partial charge in [-0.3, -0.25) is 9.59 Å². The van der Waals surface area contributed by atoms with Crippen LogP contribution in [0.1, 0.15) is 70.7 Å². The SMILES string of the molecule is CCC(C)N(C(=O)C(C)NC(=O)OC(C)(C)C)C(C(=O)Nc1ccccc1C)c1ccc(O)c(C)c1. The molecule has 0 bridgehead atoms. The Labute approximate surface area is 214 Å². The van der Waals surface area contributed by atoms with Crippen molar-refractivity contribution < 1.29 is 24.2 Å². The number of aryl methyl sites for hydroxylation is 2. The van der Waals surface area contributed by atoms with Crippen molar-refractivity contribution in [1.82, 2.24) is 10.2 Å². The summed E-state index contributed by atoms with van der Waals surface area (Å²) in [5.74, 6) is -0.725. The molecule has 3 amide bonds. The maximum absolute atomic E-state index is 13.8. The number of nitrogens with one attached hydrogen (secondary N) is 2. The van der Waals surface area contributed by atoms with E-state index in [1.54, 1.807) is 52.8 Å². The second-order valence-electron chi connectivity index (χ2n) is 10.1. The lowest BCUT2D eigenvalue weighted by atomic mass is 9.98. The lowest BCUT2D eigenvalue weighted by Gasteiger charge is -2.37. The summed E-state index contributed by atoms with van der Waals surface area (Å²) in [6.07, 6.45) is -0.135. The number of benzene rings is 2. The highest BCUT2D eigenvalue weighted by Gasteiger charge is 2.37. The van der Waals surface area contributed by atoms with Crippen LogP contribution in [0.2, 0.25) is 0 Å². The predicted molar refractivity (Wildman–Crippen MR) is 141 cm³/mol. The molecule has 2 aromatic carbocycles. The first-order valence-electron chi connectivity index (χ1n) is 12.2. The molecule has 3 unspecified atom stereocenters. The number of aromatic hydroxyl groups is 1. The topological polar surface area (TPSA) is 108 Å². The Morgan fingerprint density at radius 1 is 1.03 bits per heavy atom. The molecule has 0 saturated heterocycles. The lowest BCUT2D eigenvalue weighted by Crippen LogP contribution is -2.53. The van der Waals surface area contributed by atoms with Gasteiger partial charge in [0.1, 0.15) is 23.4 Å². The largest absolute Gasteiger partial charge is 0.508 e. The quantitative estimate of drug-likeness (QED) is 0.463. The van der Waals surface area contributed by atoms with Gasteiger partial charge in [0.2, 0.25) is 5.91 Å². The van der Waals surface area contributed by atoms with Gasteiger partial charge in [-0.1, -0.05) is 31.2 Å². The second kappa shape index (κ2) is 11.9. The molecule has 8 heteroatoms. The minimum atomic E-state index is -1.01. The smallest absolute Gasteiger partial charge is 0.408 e. The maximum atomic E-state index is 13.8. The zero-order chi connectivity index (χ0) is 27.2. The molecule has 0 aromatic heterocycles. The Kier molecular flexibility index (Phi) is 9.50. The number of rotatable bonds is 8. The number of alkyl carbamates (subject to hydrolysis) is 1. The summed E-state index contributed by atoms with van der Waals surface area (Å²) in [7, 11) is 0. The number of ether oxygens (including phenoxy) is 1. The highest BCUT2D eigenvalue weighted by atomic mass is 16.6. The van der Waals surface area contributed by atoms with Crippen molar-refractivity contribution in [2.75, 3.05) is 5.32 Å². The fourth-order valence-corrected chi connectivity index (χ4v) is 3.77. The van der Waals surface area contributed by atoms with Crippen molar-refractivity contribution in [2.45, 2.75) is 85.5 Å². The number of carbonyl (C=O) groups excluding carboxylic acids is 3. The van der Waals surface area contributed by atoms with E-state index in [-0.39, 0.29) is 11.8 Å². The molecule has 36 heavy (non-hydrogen) atoms. The van der Waals surface area contributed by atoms with E-state index in [0.29, 0.717) is 23.2 Å². The summed E-state index contributed by atoms with van der Waals surface area (Å²) >= 11 is 0. The number of carbonyl (C=O) groups is 3. The van der Waals surface area contributed by atoms with Gasteiger partial charge in [0, 0.05) is 11.7 Å². The number of hydrogen-bond acceptors (Lipinski definition) is 5. The molecule has 0 heterocycles. The number of para-hydroxylation sites is 1. The van der Waals surface area contributed by atoms with Gasteiger partial charge in [0.15, 0.2) is 0 Å². The van der Waals surface area contributed by atoms with E-state index in [4.69, 9.17) is 4.74 Å². The van der Waals surface area contributed by atoms with Gasteiger partial charge in [-0.05, 0) is 89.8 Å². The Hall–Kier alpha value is -3.55. The minimum Gasteiger partial charge on any atom is -0.508 e. The van der Waals surface area contributed by atoms with Crippen LogP contribution < -0.4 is 10.6 Å². The molecule has 3 atom stereocenters. The van der Waals surface area contributed by atoms with Crippen molar-refractivity contribution in [2.24, 2.45) is 0 Å². The third-order valence-electron chi connectivity index (χ3n) is 5.89. The second-order valence-corrected chi connectivity index (χ2v) is 10.1. The van der Waals surface area contributed by atoms with Gasteiger partial charge in [-0.15, -0.1) is 0 Å². The Morgan fingerprint density at radius 2 is 1.67 bits per heavy atom. The zero-order valence-electron chi connectivity index (χ0n) is 22.5. The van der Waals surface area contributed by atoms with E-state index in [1.165, 1.54) is 11.0 Å². The standard InChI is InChI=1S/C28H39N3O5/c1-9-19(4)31(26(34)20(5)29-27(35)36-28(6,7)8)24(21-14-15-23(32)18(3)16-21)25(33)30-22-13-11-10-12-17(22)2/h10-16,19-20,24,32H,9H2,1-8H3,(H,29,35)(H,30,33). The van der Waals surface area contributed by atoms with Crippen LogP contribution in [0.15, 0.2) is 42.5 Å². The maximum Gasteiger partial charge on any atom is 0.408 e. The molecule has 0 radical (unpaired) electrons. The van der Waals surface area contributed by atoms with Crippen LogP contribution in [-0.2, 0) is 14.3 Å². The molecular formula is C28H39N3O5. The van der Waals surface area contributed by atoms with Gasteiger partial charge in [-0.25, -0.2) is 4.79 Å². The molecule has 0 aliphatic heterocycles. The van der Waals surface area contributed by atoms with Crippen LogP contribution in [0.5, 0.6) is 5.75 Å².